The van der Waals surface area contributed by atoms with Gasteiger partial charge in [-0.1, -0.05) is 12.1 Å². The van der Waals surface area contributed by atoms with Crippen molar-refractivity contribution < 1.29 is 9.78 Å². The predicted octanol–water partition coefficient (Wildman–Crippen LogP) is 0.243. The van der Waals surface area contributed by atoms with Crippen molar-refractivity contribution in [3.8, 4) is 0 Å². The molecule has 1 amide bonds. The fourth-order valence-corrected chi connectivity index (χ4v) is 3.57. The summed E-state index contributed by atoms with van der Waals surface area (Å²) in [7, 11) is 0. The molecule has 3 heterocycles. The Hall–Kier alpha value is -3.42. The summed E-state index contributed by atoms with van der Waals surface area (Å²) in [6, 6.07) is 10.7. The summed E-state index contributed by atoms with van der Waals surface area (Å²) < 4.78 is 1.24. The van der Waals surface area contributed by atoms with Crippen LogP contribution in [0.15, 0.2) is 58.4 Å². The first-order chi connectivity index (χ1) is 13.6. The van der Waals surface area contributed by atoms with Crippen LogP contribution in [0.1, 0.15) is 6.42 Å². The lowest BCUT2D eigenvalue weighted by atomic mass is 10.2. The molecule has 0 aliphatic carbocycles. The van der Waals surface area contributed by atoms with E-state index in [0.29, 0.717) is 23.9 Å². The maximum absolute atomic E-state index is 12.6. The molecule has 8 heteroatoms. The van der Waals surface area contributed by atoms with Gasteiger partial charge in [-0.15, -0.1) is 0 Å². The first-order valence-corrected chi connectivity index (χ1v) is 9.34. The summed E-state index contributed by atoms with van der Waals surface area (Å²) in [6.45, 7) is 2.97. The summed E-state index contributed by atoms with van der Waals surface area (Å²) in [5, 5.41) is 3.31. The van der Waals surface area contributed by atoms with Crippen LogP contribution in [0.3, 0.4) is 0 Å². The minimum Gasteiger partial charge on any atom is -0.368 e. The minimum atomic E-state index is -0.323. The van der Waals surface area contributed by atoms with Gasteiger partial charge in [0.2, 0.25) is 5.91 Å². The maximum Gasteiger partial charge on any atom is 0.273 e. The van der Waals surface area contributed by atoms with Gasteiger partial charge in [-0.05, 0) is 12.1 Å². The third kappa shape index (κ3) is 3.53. The molecular formula is C20H22N5O3+. The van der Waals surface area contributed by atoms with Crippen molar-refractivity contribution in [3.63, 3.8) is 0 Å². The number of nitrogens with one attached hydrogen (secondary N) is 2. The number of H-pyrrole nitrogens is 2. The van der Waals surface area contributed by atoms with E-state index in [1.165, 1.54) is 4.68 Å². The number of hydrogen-bond donors (Lipinski definition) is 1. The van der Waals surface area contributed by atoms with Gasteiger partial charge in [-0.2, -0.15) is 0 Å². The Morgan fingerprint density at radius 3 is 2.36 bits per heavy atom. The summed E-state index contributed by atoms with van der Waals surface area (Å²) in [5.41, 5.74) is 0.524. The van der Waals surface area contributed by atoms with E-state index in [9.17, 15) is 14.4 Å². The summed E-state index contributed by atoms with van der Waals surface area (Å²) in [5.74, 6) is -0.0121. The number of pyridine rings is 1. The van der Waals surface area contributed by atoms with Gasteiger partial charge in [0.1, 0.15) is 0 Å². The standard InChI is InChI=1S/C20H21N5O3/c26-18(24-13-11-23(12-14-24)15-5-8-21-9-6-15)7-10-25-20(28)17-4-2-1-3-16(17)19(27)22-25/h1-6,8-9H,7,10-14H2,(H,22,27)/p+1. The first kappa shape index (κ1) is 18.0. The number of rotatable bonds is 4. The highest BCUT2D eigenvalue weighted by molar-refractivity contribution is 5.80. The van der Waals surface area contributed by atoms with Gasteiger partial charge in [0.05, 0.1) is 17.3 Å². The van der Waals surface area contributed by atoms with Gasteiger partial charge in [0.15, 0.2) is 12.4 Å². The molecule has 0 bridgehead atoms. The molecule has 1 aliphatic heterocycles. The van der Waals surface area contributed by atoms with Gasteiger partial charge in [0, 0.05) is 50.4 Å². The number of hydrogen-bond acceptors (Lipinski definition) is 4. The molecule has 0 saturated carbocycles. The zero-order chi connectivity index (χ0) is 19.5. The summed E-state index contributed by atoms with van der Waals surface area (Å²) >= 11 is 0. The Labute approximate surface area is 161 Å². The second-order valence-electron chi connectivity index (χ2n) is 6.82. The number of aromatic nitrogens is 3. The highest BCUT2D eigenvalue weighted by Gasteiger charge is 2.21. The Bertz CT molecular complexity index is 1100. The first-order valence-electron chi connectivity index (χ1n) is 9.34. The van der Waals surface area contributed by atoms with Crippen LogP contribution in [-0.4, -0.2) is 46.8 Å². The lowest BCUT2D eigenvalue weighted by Gasteiger charge is -2.35. The van der Waals surface area contributed by atoms with Gasteiger partial charge >= 0.3 is 0 Å². The Balaban J connectivity index is 1.39. The predicted molar refractivity (Wildman–Crippen MR) is 105 cm³/mol. The molecule has 1 saturated heterocycles. The number of carbonyl (C=O) groups excluding carboxylic acids is 1. The fraction of sp³-hybridized carbons (Fsp3) is 0.300. The zero-order valence-corrected chi connectivity index (χ0v) is 15.4. The average molecular weight is 380 g/mol. The fourth-order valence-electron chi connectivity index (χ4n) is 3.57. The Kier molecular flexibility index (Phi) is 4.92. The number of carbonyl (C=O) groups is 1. The van der Waals surface area contributed by atoms with Crippen LogP contribution in [0.4, 0.5) is 5.69 Å². The lowest BCUT2D eigenvalue weighted by Crippen LogP contribution is -2.49. The number of piperazine rings is 1. The summed E-state index contributed by atoms with van der Waals surface area (Å²) in [4.78, 5) is 44.3. The average Bonchev–Trinajstić information content (AvgIpc) is 2.76. The summed E-state index contributed by atoms with van der Waals surface area (Å²) in [6.07, 6.45) is 3.94. The van der Waals surface area contributed by atoms with E-state index in [4.69, 9.17) is 0 Å². The molecule has 0 atom stereocenters. The van der Waals surface area contributed by atoms with Gasteiger partial charge < -0.3 is 9.80 Å². The molecule has 2 aromatic heterocycles. The number of anilines is 1. The number of amides is 1. The van der Waals surface area contributed by atoms with Crippen LogP contribution in [-0.2, 0) is 11.3 Å². The minimum absolute atomic E-state index is 0.0121. The molecule has 1 aliphatic rings. The second-order valence-corrected chi connectivity index (χ2v) is 6.82. The molecule has 0 spiro atoms. The lowest BCUT2D eigenvalue weighted by molar-refractivity contribution is -0.377. The van der Waals surface area contributed by atoms with Crippen molar-refractivity contribution >= 4 is 22.4 Å². The number of aromatic amines is 2. The third-order valence-corrected chi connectivity index (χ3v) is 5.13. The quantitative estimate of drug-likeness (QED) is 0.702. The van der Waals surface area contributed by atoms with Crippen molar-refractivity contribution in [2.45, 2.75) is 13.0 Å². The molecule has 0 unspecified atom stereocenters. The molecule has 144 valence electrons. The monoisotopic (exact) mass is 380 g/mol. The van der Waals surface area contributed by atoms with E-state index in [1.807, 2.05) is 29.4 Å². The third-order valence-electron chi connectivity index (χ3n) is 5.13. The Morgan fingerprint density at radius 1 is 0.964 bits per heavy atom. The number of nitrogens with zero attached hydrogens (tertiary/aromatic N) is 3. The van der Waals surface area contributed by atoms with Crippen LogP contribution in [0, 0.1) is 0 Å². The van der Waals surface area contributed by atoms with E-state index in [2.05, 4.69) is 15.0 Å². The van der Waals surface area contributed by atoms with Crippen molar-refractivity contribution in [3.05, 3.63) is 69.5 Å². The second kappa shape index (κ2) is 7.67. The molecule has 1 aromatic carbocycles. The molecule has 0 radical (unpaired) electrons. The molecule has 1 fully saturated rings. The van der Waals surface area contributed by atoms with Crippen molar-refractivity contribution in [2.75, 3.05) is 31.1 Å². The highest BCUT2D eigenvalue weighted by Crippen LogP contribution is 2.14. The number of aryl methyl sites for hydroxylation is 1. The molecule has 8 nitrogen and oxygen atoms in total. The normalized spacial score (nSPS) is 14.4. The van der Waals surface area contributed by atoms with E-state index in [1.54, 1.807) is 24.3 Å². The van der Waals surface area contributed by atoms with Gasteiger partial charge in [-0.3, -0.25) is 19.5 Å². The SMILES string of the molecule is O=C(CCn1[nH]c(=O)c2ccccc2c1=O)N1CCN(c2cc[nH+]cc2)CC1. The molecular weight excluding hydrogens is 358 g/mol. The zero-order valence-electron chi connectivity index (χ0n) is 15.4. The van der Waals surface area contributed by atoms with Crippen LogP contribution < -0.4 is 21.0 Å². The van der Waals surface area contributed by atoms with Crippen LogP contribution in [0.25, 0.3) is 10.8 Å². The van der Waals surface area contributed by atoms with Crippen LogP contribution >= 0.6 is 0 Å². The van der Waals surface area contributed by atoms with Crippen LogP contribution in [0.2, 0.25) is 0 Å². The van der Waals surface area contributed by atoms with E-state index < -0.39 is 0 Å². The molecule has 3 aromatic rings. The number of fused-ring (bicyclic) bond motifs is 1. The molecule has 4 rings (SSSR count). The van der Waals surface area contributed by atoms with Crippen molar-refractivity contribution in [1.82, 2.24) is 14.7 Å². The molecule has 28 heavy (non-hydrogen) atoms. The largest absolute Gasteiger partial charge is 0.368 e. The molecule has 2 N–H and O–H groups in total. The van der Waals surface area contributed by atoms with Gasteiger partial charge in [-0.25, -0.2) is 9.67 Å². The van der Waals surface area contributed by atoms with Crippen molar-refractivity contribution in [1.29, 1.82) is 0 Å². The maximum atomic E-state index is 12.6. The van der Waals surface area contributed by atoms with E-state index in [-0.39, 0.29) is 30.0 Å². The topological polar surface area (TPSA) is 92.5 Å². The smallest absolute Gasteiger partial charge is 0.273 e. The Morgan fingerprint density at radius 2 is 1.64 bits per heavy atom. The van der Waals surface area contributed by atoms with Crippen LogP contribution in [0.5, 0.6) is 0 Å². The highest BCUT2D eigenvalue weighted by atomic mass is 16.2. The van der Waals surface area contributed by atoms with Crippen molar-refractivity contribution in [2.24, 2.45) is 0 Å². The van der Waals surface area contributed by atoms with Gasteiger partial charge in [0.25, 0.3) is 11.1 Å². The van der Waals surface area contributed by atoms with E-state index in [0.717, 1.165) is 18.8 Å². The van der Waals surface area contributed by atoms with E-state index >= 15 is 0 Å². The number of benzene rings is 1.